The number of phenols is 1. The van der Waals surface area contributed by atoms with Crippen molar-refractivity contribution in [1.29, 1.82) is 0 Å². The molecule has 3 rings (SSSR count). The largest absolute Gasteiger partial charge is 0.507 e. The van der Waals surface area contributed by atoms with Crippen molar-refractivity contribution in [1.82, 2.24) is 0 Å². The number of fused-ring (bicyclic) bond motifs is 1. The Kier molecular flexibility index (Phi) is 3.70. The molecular formula is C15H12O7S. The van der Waals surface area contributed by atoms with Gasteiger partial charge < -0.3 is 14.0 Å². The molecule has 2 aromatic rings. The number of benzene rings is 2. The Morgan fingerprint density at radius 1 is 1.17 bits per heavy atom. The monoisotopic (exact) mass is 336 g/mol. The first-order valence-electron chi connectivity index (χ1n) is 6.62. The molecule has 1 aliphatic rings. The third-order valence-electron chi connectivity index (χ3n) is 3.35. The summed E-state index contributed by atoms with van der Waals surface area (Å²) in [6.45, 7) is 0. The van der Waals surface area contributed by atoms with Gasteiger partial charge in [-0.05, 0) is 5.56 Å². The zero-order chi connectivity index (χ0) is 16.6. The number of ether oxygens (including phenoxy) is 1. The fourth-order valence-corrected chi connectivity index (χ4v) is 2.78. The summed E-state index contributed by atoms with van der Waals surface area (Å²) < 4.78 is 40.2. The van der Waals surface area contributed by atoms with Crippen LogP contribution in [0.1, 0.15) is 28.4 Å². The average molecular weight is 336 g/mol. The lowest BCUT2D eigenvalue weighted by atomic mass is 9.95. The second-order valence-electron chi connectivity index (χ2n) is 4.97. The van der Waals surface area contributed by atoms with Crippen LogP contribution in [0.25, 0.3) is 0 Å². The lowest BCUT2D eigenvalue weighted by molar-refractivity contribution is 0.0845. The van der Waals surface area contributed by atoms with E-state index in [0.29, 0.717) is 0 Å². The van der Waals surface area contributed by atoms with Crippen molar-refractivity contribution in [2.45, 2.75) is 12.5 Å². The Bertz CT molecular complexity index is 859. The van der Waals surface area contributed by atoms with Crippen LogP contribution in [0.4, 0.5) is 0 Å². The first-order chi connectivity index (χ1) is 10.8. The maximum atomic E-state index is 12.2. The van der Waals surface area contributed by atoms with Crippen molar-refractivity contribution < 1.29 is 31.8 Å². The molecule has 0 saturated carbocycles. The summed E-state index contributed by atoms with van der Waals surface area (Å²) in [6.07, 6.45) is -0.514. The molecule has 23 heavy (non-hydrogen) atoms. The Hall–Kier alpha value is -2.58. The van der Waals surface area contributed by atoms with Crippen molar-refractivity contribution in [3.05, 3.63) is 53.6 Å². The van der Waals surface area contributed by atoms with Gasteiger partial charge in [0.1, 0.15) is 23.2 Å². The van der Waals surface area contributed by atoms with Crippen LogP contribution >= 0.6 is 0 Å². The minimum Gasteiger partial charge on any atom is -0.507 e. The predicted molar refractivity (Wildman–Crippen MR) is 79.0 cm³/mol. The van der Waals surface area contributed by atoms with Gasteiger partial charge in [-0.1, -0.05) is 30.3 Å². The maximum absolute atomic E-state index is 12.2. The highest BCUT2D eigenvalue weighted by atomic mass is 32.3. The standard InChI is InChI=1S/C15H12O7S/c16-11-6-10(22-23(18,19)20)7-14-15(11)12(17)8-13(21-14)9-4-2-1-3-5-9/h1-7,13,16H,8H2,(H,18,19,20). The smallest absolute Gasteiger partial charge is 0.446 e. The van der Waals surface area contributed by atoms with Crippen LogP contribution in [-0.2, 0) is 10.4 Å². The lowest BCUT2D eigenvalue weighted by Gasteiger charge is -2.26. The Morgan fingerprint density at radius 2 is 1.87 bits per heavy atom. The first-order valence-corrected chi connectivity index (χ1v) is 7.99. The molecule has 1 heterocycles. The molecule has 2 N–H and O–H groups in total. The normalized spacial score (nSPS) is 17.3. The van der Waals surface area contributed by atoms with E-state index in [2.05, 4.69) is 4.18 Å². The van der Waals surface area contributed by atoms with Crippen LogP contribution in [-0.4, -0.2) is 23.9 Å². The topological polar surface area (TPSA) is 110 Å². The van der Waals surface area contributed by atoms with Crippen molar-refractivity contribution in [3.8, 4) is 17.2 Å². The first kappa shape index (κ1) is 15.3. The lowest BCUT2D eigenvalue weighted by Crippen LogP contribution is -2.20. The molecule has 0 aromatic heterocycles. The fourth-order valence-electron chi connectivity index (χ4n) is 2.44. The SMILES string of the molecule is O=C1CC(c2ccccc2)Oc2cc(OS(=O)(=O)O)cc(O)c21. The maximum Gasteiger partial charge on any atom is 0.446 e. The quantitative estimate of drug-likeness (QED) is 0.827. The molecule has 1 atom stereocenters. The van der Waals surface area contributed by atoms with Gasteiger partial charge in [0.05, 0.1) is 6.42 Å². The van der Waals surface area contributed by atoms with E-state index >= 15 is 0 Å². The molecular weight excluding hydrogens is 324 g/mol. The van der Waals surface area contributed by atoms with Gasteiger partial charge in [-0.3, -0.25) is 9.35 Å². The summed E-state index contributed by atoms with van der Waals surface area (Å²) in [6, 6.07) is 11.1. The number of aromatic hydroxyl groups is 1. The number of ketones is 1. The Labute approximate surface area is 132 Å². The molecule has 2 aromatic carbocycles. The molecule has 0 amide bonds. The van der Waals surface area contributed by atoms with E-state index in [1.165, 1.54) is 0 Å². The number of carbonyl (C=O) groups excluding carboxylic acids is 1. The predicted octanol–water partition coefficient (Wildman–Crippen LogP) is 2.28. The molecule has 8 heteroatoms. The average Bonchev–Trinajstić information content (AvgIpc) is 2.45. The van der Waals surface area contributed by atoms with Gasteiger partial charge in [0, 0.05) is 12.1 Å². The van der Waals surface area contributed by atoms with Crippen molar-refractivity contribution in [2.75, 3.05) is 0 Å². The molecule has 0 bridgehead atoms. The number of rotatable bonds is 3. The molecule has 0 aliphatic carbocycles. The van der Waals surface area contributed by atoms with E-state index in [-0.39, 0.29) is 29.3 Å². The number of hydrogen-bond donors (Lipinski definition) is 2. The molecule has 0 spiro atoms. The van der Waals surface area contributed by atoms with Gasteiger partial charge in [0.25, 0.3) is 0 Å². The van der Waals surface area contributed by atoms with Crippen LogP contribution in [0.2, 0.25) is 0 Å². The minimum absolute atomic E-state index is 0.00578. The minimum atomic E-state index is -4.75. The number of carbonyl (C=O) groups is 1. The Balaban J connectivity index is 2.00. The van der Waals surface area contributed by atoms with Gasteiger partial charge >= 0.3 is 10.4 Å². The summed E-state index contributed by atoms with van der Waals surface area (Å²) in [4.78, 5) is 12.2. The second-order valence-corrected chi connectivity index (χ2v) is 5.99. The number of Topliss-reactive ketones (excluding diaryl/α,β-unsaturated/α-hetero) is 1. The second kappa shape index (κ2) is 5.56. The van der Waals surface area contributed by atoms with E-state index in [4.69, 9.17) is 9.29 Å². The van der Waals surface area contributed by atoms with Crippen LogP contribution in [0.3, 0.4) is 0 Å². The van der Waals surface area contributed by atoms with Gasteiger partial charge in [0.15, 0.2) is 11.5 Å². The fraction of sp³-hybridized carbons (Fsp3) is 0.133. The van der Waals surface area contributed by atoms with Crippen LogP contribution < -0.4 is 8.92 Å². The molecule has 0 saturated heterocycles. The van der Waals surface area contributed by atoms with Crippen molar-refractivity contribution >= 4 is 16.2 Å². The van der Waals surface area contributed by atoms with Crippen LogP contribution in [0.5, 0.6) is 17.2 Å². The summed E-state index contributed by atoms with van der Waals surface area (Å²) in [5, 5.41) is 9.90. The van der Waals surface area contributed by atoms with Crippen LogP contribution in [0.15, 0.2) is 42.5 Å². The van der Waals surface area contributed by atoms with Gasteiger partial charge in [-0.15, -0.1) is 0 Å². The van der Waals surface area contributed by atoms with E-state index in [9.17, 15) is 18.3 Å². The summed E-state index contributed by atoms with van der Waals surface area (Å²) in [7, 11) is -4.75. The third kappa shape index (κ3) is 3.27. The Morgan fingerprint density at radius 3 is 2.52 bits per heavy atom. The third-order valence-corrected chi connectivity index (χ3v) is 3.75. The van der Waals surface area contributed by atoms with Gasteiger partial charge in [0.2, 0.25) is 0 Å². The molecule has 0 radical (unpaired) electrons. The summed E-state index contributed by atoms with van der Waals surface area (Å²) in [5.74, 6) is -1.17. The molecule has 0 fully saturated rings. The highest BCUT2D eigenvalue weighted by molar-refractivity contribution is 7.81. The van der Waals surface area contributed by atoms with Gasteiger partial charge in [-0.2, -0.15) is 8.42 Å². The molecule has 7 nitrogen and oxygen atoms in total. The van der Waals surface area contributed by atoms with Gasteiger partial charge in [-0.25, -0.2) is 0 Å². The van der Waals surface area contributed by atoms with E-state index in [1.54, 1.807) is 24.3 Å². The van der Waals surface area contributed by atoms with Crippen molar-refractivity contribution in [2.24, 2.45) is 0 Å². The zero-order valence-electron chi connectivity index (χ0n) is 11.7. The summed E-state index contributed by atoms with van der Waals surface area (Å²) >= 11 is 0. The summed E-state index contributed by atoms with van der Waals surface area (Å²) in [5.41, 5.74) is 0.729. The highest BCUT2D eigenvalue weighted by Crippen LogP contribution is 2.42. The van der Waals surface area contributed by atoms with E-state index in [1.807, 2.05) is 6.07 Å². The zero-order valence-corrected chi connectivity index (χ0v) is 12.5. The van der Waals surface area contributed by atoms with Crippen molar-refractivity contribution in [3.63, 3.8) is 0 Å². The molecule has 120 valence electrons. The molecule has 1 unspecified atom stereocenters. The number of phenolic OH excluding ortho intramolecular Hbond substituents is 1. The van der Waals surface area contributed by atoms with E-state index in [0.717, 1.165) is 17.7 Å². The number of hydrogen-bond acceptors (Lipinski definition) is 6. The highest BCUT2D eigenvalue weighted by Gasteiger charge is 2.31. The molecule has 1 aliphatic heterocycles. The van der Waals surface area contributed by atoms with Crippen LogP contribution in [0, 0.1) is 0 Å². The van der Waals surface area contributed by atoms with E-state index < -0.39 is 22.3 Å².